The lowest BCUT2D eigenvalue weighted by molar-refractivity contribution is -0.129. The largest absolute Gasteiger partial charge is 0.368 e. The molecule has 0 unspecified atom stereocenters. The van der Waals surface area contributed by atoms with Crippen LogP contribution in [0.25, 0.3) is 0 Å². The van der Waals surface area contributed by atoms with Gasteiger partial charge in [0.1, 0.15) is 6.04 Å². The third-order valence-corrected chi connectivity index (χ3v) is 3.69. The average molecular weight is 269 g/mol. The fourth-order valence-electron chi connectivity index (χ4n) is 2.45. The van der Waals surface area contributed by atoms with Crippen molar-refractivity contribution in [3.63, 3.8) is 0 Å². The lowest BCUT2D eigenvalue weighted by Gasteiger charge is -2.29. The Kier molecular flexibility index (Phi) is 5.79. The van der Waals surface area contributed by atoms with Gasteiger partial charge in [-0.05, 0) is 43.7 Å². The molecule has 0 spiro atoms. The highest BCUT2D eigenvalue weighted by molar-refractivity contribution is 5.87. The van der Waals surface area contributed by atoms with E-state index < -0.39 is 11.9 Å². The van der Waals surface area contributed by atoms with Gasteiger partial charge in [-0.15, -0.1) is 0 Å². The fourth-order valence-corrected chi connectivity index (χ4v) is 2.45. The highest BCUT2D eigenvalue weighted by Gasteiger charge is 2.31. The molecule has 0 aromatic carbocycles. The van der Waals surface area contributed by atoms with Crippen molar-refractivity contribution in [2.75, 3.05) is 13.1 Å². The molecule has 1 saturated heterocycles. The van der Waals surface area contributed by atoms with Crippen LogP contribution in [0.4, 0.5) is 0 Å². The van der Waals surface area contributed by atoms with Gasteiger partial charge >= 0.3 is 0 Å². The van der Waals surface area contributed by atoms with E-state index in [1.807, 2.05) is 20.8 Å². The zero-order valence-corrected chi connectivity index (χ0v) is 12.3. The summed E-state index contributed by atoms with van der Waals surface area (Å²) in [5.41, 5.74) is 5.00. The van der Waals surface area contributed by atoms with E-state index in [1.54, 1.807) is 0 Å². The van der Waals surface area contributed by atoms with Crippen molar-refractivity contribution >= 4 is 11.8 Å². The average Bonchev–Trinajstić information content (AvgIpc) is 2.33. The van der Waals surface area contributed by atoms with Crippen LogP contribution in [0, 0.1) is 11.3 Å². The molecule has 5 heteroatoms. The summed E-state index contributed by atoms with van der Waals surface area (Å²) in [6.07, 6.45) is 3.63. The Morgan fingerprint density at radius 1 is 1.32 bits per heavy atom. The molecule has 0 radical (unpaired) electrons. The van der Waals surface area contributed by atoms with Crippen LogP contribution in [0.1, 0.15) is 46.5 Å². The maximum atomic E-state index is 11.9. The molecule has 0 aromatic rings. The molecule has 1 atom stereocenters. The third-order valence-electron chi connectivity index (χ3n) is 3.69. The summed E-state index contributed by atoms with van der Waals surface area (Å²) in [4.78, 5) is 23.3. The molecular weight excluding hydrogens is 242 g/mol. The predicted molar refractivity (Wildman–Crippen MR) is 75.4 cm³/mol. The molecule has 0 bridgehead atoms. The lowest BCUT2D eigenvalue weighted by Crippen LogP contribution is -2.52. The molecule has 19 heavy (non-hydrogen) atoms. The summed E-state index contributed by atoms with van der Waals surface area (Å²) in [5.74, 6) is 0.0774. The summed E-state index contributed by atoms with van der Waals surface area (Å²) in [5, 5.41) is 6.07. The van der Waals surface area contributed by atoms with Crippen LogP contribution in [0.15, 0.2) is 0 Å². The summed E-state index contributed by atoms with van der Waals surface area (Å²) in [6.45, 7) is 7.77. The first-order valence-corrected chi connectivity index (χ1v) is 7.10. The highest BCUT2D eigenvalue weighted by atomic mass is 16.2. The van der Waals surface area contributed by atoms with Crippen LogP contribution in [0.5, 0.6) is 0 Å². The number of nitrogens with two attached hydrogens (primary N) is 1. The summed E-state index contributed by atoms with van der Waals surface area (Å²) < 4.78 is 0. The number of piperidine rings is 1. The minimum Gasteiger partial charge on any atom is -0.368 e. The summed E-state index contributed by atoms with van der Waals surface area (Å²) in [6, 6.07) is -0.604. The van der Waals surface area contributed by atoms with Gasteiger partial charge in [0.05, 0.1) is 0 Å². The Morgan fingerprint density at radius 3 is 2.37 bits per heavy atom. The molecule has 1 aliphatic heterocycles. The van der Waals surface area contributed by atoms with E-state index in [4.69, 9.17) is 5.73 Å². The second kappa shape index (κ2) is 6.89. The highest BCUT2D eigenvalue weighted by Crippen LogP contribution is 2.20. The van der Waals surface area contributed by atoms with Gasteiger partial charge in [0.25, 0.3) is 0 Å². The number of carbonyl (C=O) groups is 2. The van der Waals surface area contributed by atoms with Crippen molar-refractivity contribution in [1.82, 2.24) is 10.6 Å². The van der Waals surface area contributed by atoms with Crippen molar-refractivity contribution in [1.29, 1.82) is 0 Å². The molecule has 110 valence electrons. The molecule has 1 rings (SSSR count). The van der Waals surface area contributed by atoms with Gasteiger partial charge in [0, 0.05) is 6.42 Å². The van der Waals surface area contributed by atoms with E-state index in [0.29, 0.717) is 12.3 Å². The number of primary amides is 1. The predicted octanol–water partition coefficient (Wildman–Crippen LogP) is 0.782. The van der Waals surface area contributed by atoms with Crippen molar-refractivity contribution in [2.24, 2.45) is 17.1 Å². The van der Waals surface area contributed by atoms with Gasteiger partial charge in [-0.2, -0.15) is 0 Å². The molecule has 0 aromatic heterocycles. The molecule has 1 aliphatic rings. The normalized spacial score (nSPS) is 18.9. The second-order valence-corrected chi connectivity index (χ2v) is 6.50. The fraction of sp³-hybridized carbons (Fsp3) is 0.857. The quantitative estimate of drug-likeness (QED) is 0.689. The van der Waals surface area contributed by atoms with Crippen LogP contribution in [-0.2, 0) is 9.59 Å². The first-order valence-electron chi connectivity index (χ1n) is 7.10. The van der Waals surface area contributed by atoms with Gasteiger partial charge in [0.15, 0.2) is 0 Å². The molecule has 5 nitrogen and oxygen atoms in total. The topological polar surface area (TPSA) is 84.2 Å². The standard InChI is InChI=1S/C14H27N3O2/c1-14(2,3)12(13(15)19)17-11(18)5-4-10-6-8-16-9-7-10/h10,12,16H,4-9H2,1-3H3,(H2,15,19)(H,17,18)/t12-/m1/s1. The van der Waals surface area contributed by atoms with Crippen LogP contribution >= 0.6 is 0 Å². The Morgan fingerprint density at radius 2 is 1.89 bits per heavy atom. The van der Waals surface area contributed by atoms with Crippen molar-refractivity contribution in [3.05, 3.63) is 0 Å². The number of nitrogens with one attached hydrogen (secondary N) is 2. The van der Waals surface area contributed by atoms with Gasteiger partial charge < -0.3 is 16.4 Å². The van der Waals surface area contributed by atoms with E-state index in [1.165, 1.54) is 0 Å². The Hall–Kier alpha value is -1.10. The van der Waals surface area contributed by atoms with Crippen molar-refractivity contribution in [2.45, 2.75) is 52.5 Å². The second-order valence-electron chi connectivity index (χ2n) is 6.50. The molecule has 4 N–H and O–H groups in total. The van der Waals surface area contributed by atoms with Gasteiger partial charge in [0.2, 0.25) is 11.8 Å². The monoisotopic (exact) mass is 269 g/mol. The number of carbonyl (C=O) groups excluding carboxylic acids is 2. The lowest BCUT2D eigenvalue weighted by atomic mass is 9.86. The molecule has 1 fully saturated rings. The first kappa shape index (κ1) is 16.0. The molecular formula is C14H27N3O2. The van der Waals surface area contributed by atoms with Crippen LogP contribution in [0.3, 0.4) is 0 Å². The molecule has 2 amide bonds. The van der Waals surface area contributed by atoms with E-state index in [2.05, 4.69) is 10.6 Å². The summed E-state index contributed by atoms with van der Waals surface area (Å²) in [7, 11) is 0. The number of hydrogen-bond acceptors (Lipinski definition) is 3. The minimum absolute atomic E-state index is 0.0720. The minimum atomic E-state index is -0.604. The van der Waals surface area contributed by atoms with Crippen molar-refractivity contribution in [3.8, 4) is 0 Å². The number of hydrogen-bond donors (Lipinski definition) is 3. The van der Waals surface area contributed by atoms with Gasteiger partial charge in [-0.3, -0.25) is 9.59 Å². The smallest absolute Gasteiger partial charge is 0.240 e. The third kappa shape index (κ3) is 5.59. The van der Waals surface area contributed by atoms with Crippen LogP contribution < -0.4 is 16.4 Å². The SMILES string of the molecule is CC(C)(C)[C@H](NC(=O)CCC1CCNCC1)C(N)=O. The van der Waals surface area contributed by atoms with Crippen LogP contribution in [-0.4, -0.2) is 30.9 Å². The van der Waals surface area contributed by atoms with Gasteiger partial charge in [-0.1, -0.05) is 20.8 Å². The number of rotatable bonds is 5. The molecule has 1 heterocycles. The van der Waals surface area contributed by atoms with E-state index in [0.717, 1.165) is 32.4 Å². The number of amides is 2. The Balaban J connectivity index is 2.38. The Labute approximate surface area is 115 Å². The van der Waals surface area contributed by atoms with Gasteiger partial charge in [-0.25, -0.2) is 0 Å². The first-order chi connectivity index (χ1) is 8.80. The zero-order valence-electron chi connectivity index (χ0n) is 12.3. The zero-order chi connectivity index (χ0) is 14.5. The maximum absolute atomic E-state index is 11.9. The van der Waals surface area contributed by atoms with Crippen LogP contribution in [0.2, 0.25) is 0 Å². The summed E-state index contributed by atoms with van der Waals surface area (Å²) >= 11 is 0. The van der Waals surface area contributed by atoms with E-state index in [9.17, 15) is 9.59 Å². The van der Waals surface area contributed by atoms with E-state index in [-0.39, 0.29) is 11.3 Å². The Bertz CT molecular complexity index is 317. The maximum Gasteiger partial charge on any atom is 0.240 e. The molecule has 0 saturated carbocycles. The molecule has 0 aliphatic carbocycles. The van der Waals surface area contributed by atoms with Crippen molar-refractivity contribution < 1.29 is 9.59 Å². The van der Waals surface area contributed by atoms with E-state index >= 15 is 0 Å².